The van der Waals surface area contributed by atoms with Crippen LogP contribution in [0.4, 0.5) is 16.3 Å². The minimum atomic E-state index is -0.652. The topological polar surface area (TPSA) is 80.7 Å². The summed E-state index contributed by atoms with van der Waals surface area (Å²) in [6.45, 7) is 3.09. The molecule has 1 aromatic carbocycles. The predicted molar refractivity (Wildman–Crippen MR) is 116 cm³/mol. The molecule has 2 aromatic rings. The van der Waals surface area contributed by atoms with Crippen molar-refractivity contribution < 1.29 is 9.90 Å². The molecule has 0 spiro atoms. The van der Waals surface area contributed by atoms with E-state index in [1.54, 1.807) is 6.20 Å². The molecular weight excluding hydrogens is 366 g/mol. The Morgan fingerprint density at radius 1 is 1.17 bits per heavy atom. The van der Waals surface area contributed by atoms with E-state index < -0.39 is 6.10 Å². The first-order chi connectivity index (χ1) is 14.0. The van der Waals surface area contributed by atoms with E-state index in [2.05, 4.69) is 20.5 Å². The second kappa shape index (κ2) is 10.2. The van der Waals surface area contributed by atoms with Crippen LogP contribution < -0.4 is 15.5 Å². The van der Waals surface area contributed by atoms with Crippen molar-refractivity contribution in [2.75, 3.05) is 50.5 Å². The van der Waals surface area contributed by atoms with Crippen LogP contribution in [0, 0.1) is 5.92 Å². The van der Waals surface area contributed by atoms with E-state index in [-0.39, 0.29) is 11.9 Å². The summed E-state index contributed by atoms with van der Waals surface area (Å²) in [5.41, 5.74) is 1.50. The molecule has 0 saturated carbocycles. The Labute approximate surface area is 172 Å². The molecule has 2 atom stereocenters. The average molecular weight is 398 g/mol. The van der Waals surface area contributed by atoms with Crippen LogP contribution in [-0.4, -0.2) is 61.3 Å². The molecule has 156 valence electrons. The number of aliphatic hydroxyl groups is 1. The number of anilines is 2. The predicted octanol–water partition coefficient (Wildman–Crippen LogP) is 2.71. The number of benzene rings is 1. The van der Waals surface area contributed by atoms with Gasteiger partial charge in [-0.25, -0.2) is 9.78 Å². The lowest BCUT2D eigenvalue weighted by Gasteiger charge is -2.26. The fourth-order valence-electron chi connectivity index (χ4n) is 3.66. The maximum absolute atomic E-state index is 12.3. The number of amides is 2. The van der Waals surface area contributed by atoms with Crippen LogP contribution in [0.15, 0.2) is 48.7 Å². The summed E-state index contributed by atoms with van der Waals surface area (Å²) in [6.07, 6.45) is 3.43. The van der Waals surface area contributed by atoms with Crippen LogP contribution in [0.25, 0.3) is 0 Å². The summed E-state index contributed by atoms with van der Waals surface area (Å²) in [7, 11) is 3.91. The van der Waals surface area contributed by atoms with Crippen molar-refractivity contribution in [1.82, 2.24) is 15.2 Å². The number of carbonyl (C=O) groups excluding carboxylic acids is 1. The summed E-state index contributed by atoms with van der Waals surface area (Å²) in [4.78, 5) is 21.1. The molecule has 3 rings (SSSR count). The van der Waals surface area contributed by atoms with Gasteiger partial charge in [-0.2, -0.15) is 0 Å². The van der Waals surface area contributed by atoms with Gasteiger partial charge in [-0.1, -0.05) is 30.3 Å². The van der Waals surface area contributed by atoms with Crippen molar-refractivity contribution in [3.63, 3.8) is 0 Å². The molecule has 1 aliphatic rings. The molecular formula is C22H31N5O2. The summed E-state index contributed by atoms with van der Waals surface area (Å²) in [5, 5.41) is 16.5. The third kappa shape index (κ3) is 6.17. The largest absolute Gasteiger partial charge is 0.388 e. The van der Waals surface area contributed by atoms with Gasteiger partial charge < -0.3 is 25.5 Å². The molecule has 29 heavy (non-hydrogen) atoms. The smallest absolute Gasteiger partial charge is 0.319 e. The molecule has 2 heterocycles. The van der Waals surface area contributed by atoms with Crippen LogP contribution in [-0.2, 0) is 0 Å². The van der Waals surface area contributed by atoms with Crippen LogP contribution in [0.5, 0.6) is 0 Å². The SMILES string of the molecule is CN(C)C[C@@H](CNC(=O)Nc1ccc(N2CCCC2)nc1)[C@H](O)c1ccccc1. The summed E-state index contributed by atoms with van der Waals surface area (Å²) >= 11 is 0. The maximum Gasteiger partial charge on any atom is 0.319 e. The van der Waals surface area contributed by atoms with Gasteiger partial charge in [-0.3, -0.25) is 0 Å². The summed E-state index contributed by atoms with van der Waals surface area (Å²) in [5.74, 6) is 0.819. The second-order valence-electron chi connectivity index (χ2n) is 7.81. The first kappa shape index (κ1) is 21.1. The Hall–Kier alpha value is -2.64. The normalized spacial score (nSPS) is 15.9. The fraction of sp³-hybridized carbons (Fsp3) is 0.455. The first-order valence-corrected chi connectivity index (χ1v) is 10.2. The van der Waals surface area contributed by atoms with Gasteiger partial charge in [0.1, 0.15) is 5.82 Å². The zero-order valence-corrected chi connectivity index (χ0v) is 17.2. The molecule has 7 heteroatoms. The van der Waals surface area contributed by atoms with E-state index in [0.29, 0.717) is 18.8 Å². The number of urea groups is 1. The van der Waals surface area contributed by atoms with Crippen molar-refractivity contribution in [1.29, 1.82) is 0 Å². The number of rotatable bonds is 8. The van der Waals surface area contributed by atoms with Crippen molar-refractivity contribution in [2.24, 2.45) is 5.92 Å². The van der Waals surface area contributed by atoms with Crippen molar-refractivity contribution in [3.8, 4) is 0 Å². The number of carbonyl (C=O) groups is 1. The van der Waals surface area contributed by atoms with Crippen molar-refractivity contribution >= 4 is 17.5 Å². The van der Waals surface area contributed by atoms with E-state index in [9.17, 15) is 9.90 Å². The molecule has 0 radical (unpaired) electrons. The standard InChI is InChI=1S/C22H31N5O2/c1-26(2)16-18(21(28)17-8-4-3-5-9-17)14-24-22(29)25-19-10-11-20(23-15-19)27-12-6-7-13-27/h3-5,8-11,15,18,21,28H,6-7,12-14,16H2,1-2H3,(H2,24,25,29)/t18-,21-/m1/s1. The number of aromatic nitrogens is 1. The molecule has 0 unspecified atom stereocenters. The monoisotopic (exact) mass is 397 g/mol. The Balaban J connectivity index is 1.54. The van der Waals surface area contributed by atoms with Crippen LogP contribution in [0.1, 0.15) is 24.5 Å². The zero-order chi connectivity index (χ0) is 20.6. The summed E-state index contributed by atoms with van der Waals surface area (Å²) in [6, 6.07) is 13.1. The highest BCUT2D eigenvalue weighted by Crippen LogP contribution is 2.22. The van der Waals surface area contributed by atoms with E-state index in [1.165, 1.54) is 12.8 Å². The van der Waals surface area contributed by atoms with Gasteiger partial charge in [0.05, 0.1) is 18.0 Å². The molecule has 0 bridgehead atoms. The lowest BCUT2D eigenvalue weighted by molar-refractivity contribution is 0.0911. The highest BCUT2D eigenvalue weighted by molar-refractivity contribution is 5.89. The molecule has 1 saturated heterocycles. The van der Waals surface area contributed by atoms with E-state index in [1.807, 2.05) is 61.5 Å². The van der Waals surface area contributed by atoms with Crippen LogP contribution >= 0.6 is 0 Å². The van der Waals surface area contributed by atoms with E-state index in [0.717, 1.165) is 24.5 Å². The van der Waals surface area contributed by atoms with Crippen molar-refractivity contribution in [3.05, 3.63) is 54.2 Å². The number of hydrogen-bond donors (Lipinski definition) is 3. The van der Waals surface area contributed by atoms with Gasteiger partial charge in [0.25, 0.3) is 0 Å². The van der Waals surface area contributed by atoms with Gasteiger partial charge in [-0.15, -0.1) is 0 Å². The molecule has 1 aromatic heterocycles. The Bertz CT molecular complexity index is 761. The van der Waals surface area contributed by atoms with E-state index in [4.69, 9.17) is 0 Å². The van der Waals surface area contributed by atoms with Gasteiger partial charge in [-0.05, 0) is 44.6 Å². The maximum atomic E-state index is 12.3. The number of nitrogens with zero attached hydrogens (tertiary/aromatic N) is 3. The lowest BCUT2D eigenvalue weighted by Crippen LogP contribution is -2.39. The Morgan fingerprint density at radius 3 is 2.52 bits per heavy atom. The molecule has 0 aliphatic carbocycles. The summed E-state index contributed by atoms with van der Waals surface area (Å²) < 4.78 is 0. The number of aliphatic hydroxyl groups excluding tert-OH is 1. The van der Waals surface area contributed by atoms with Gasteiger partial charge >= 0.3 is 6.03 Å². The molecule has 1 aliphatic heterocycles. The molecule has 1 fully saturated rings. The quantitative estimate of drug-likeness (QED) is 0.638. The van der Waals surface area contributed by atoms with Crippen LogP contribution in [0.3, 0.4) is 0 Å². The van der Waals surface area contributed by atoms with Gasteiger partial charge in [0, 0.05) is 32.1 Å². The fourth-order valence-corrected chi connectivity index (χ4v) is 3.66. The molecule has 7 nitrogen and oxygen atoms in total. The molecule has 3 N–H and O–H groups in total. The highest BCUT2D eigenvalue weighted by Gasteiger charge is 2.22. The van der Waals surface area contributed by atoms with E-state index >= 15 is 0 Å². The van der Waals surface area contributed by atoms with Crippen LogP contribution in [0.2, 0.25) is 0 Å². The first-order valence-electron chi connectivity index (χ1n) is 10.2. The minimum absolute atomic E-state index is 0.131. The molecule has 2 amide bonds. The van der Waals surface area contributed by atoms with Crippen molar-refractivity contribution in [2.45, 2.75) is 18.9 Å². The third-order valence-corrected chi connectivity index (χ3v) is 5.15. The minimum Gasteiger partial charge on any atom is -0.388 e. The highest BCUT2D eigenvalue weighted by atomic mass is 16.3. The Kier molecular flexibility index (Phi) is 7.43. The third-order valence-electron chi connectivity index (χ3n) is 5.15. The van der Waals surface area contributed by atoms with Gasteiger partial charge in [0.2, 0.25) is 0 Å². The number of pyridine rings is 1. The van der Waals surface area contributed by atoms with Gasteiger partial charge in [0.15, 0.2) is 0 Å². The number of nitrogens with one attached hydrogen (secondary N) is 2. The lowest BCUT2D eigenvalue weighted by atomic mass is 9.95. The average Bonchev–Trinajstić information content (AvgIpc) is 3.26. The number of hydrogen-bond acceptors (Lipinski definition) is 5. The Morgan fingerprint density at radius 2 is 1.90 bits per heavy atom. The second-order valence-corrected chi connectivity index (χ2v) is 7.81. The zero-order valence-electron chi connectivity index (χ0n) is 17.2.